The van der Waals surface area contributed by atoms with E-state index in [1.165, 1.54) is 18.4 Å². The average molecular weight is 300 g/mol. The molecule has 21 heavy (non-hydrogen) atoms. The molecule has 1 N–H and O–H groups in total. The monoisotopic (exact) mass is 300 g/mol. The Kier molecular flexibility index (Phi) is 6.33. The average Bonchev–Trinajstić information content (AvgIpc) is 2.98. The summed E-state index contributed by atoms with van der Waals surface area (Å²) in [4.78, 5) is 1.13. The van der Waals surface area contributed by atoms with Gasteiger partial charge in [0.05, 0.1) is 0 Å². The number of rotatable bonds is 6. The molecule has 0 aliphatic carbocycles. The number of thiophene rings is 1. The van der Waals surface area contributed by atoms with Crippen molar-refractivity contribution in [3.05, 3.63) is 51.7 Å². The van der Waals surface area contributed by atoms with Gasteiger partial charge in [0.15, 0.2) is 0 Å². The van der Waals surface area contributed by atoms with E-state index in [1.807, 2.05) is 23.6 Å². The maximum Gasteiger partial charge on any atom is 0.122 e. The molecule has 0 bridgehead atoms. The predicted octanol–water partition coefficient (Wildman–Crippen LogP) is 4.01. The van der Waals surface area contributed by atoms with Gasteiger partial charge in [-0.3, -0.25) is 0 Å². The van der Waals surface area contributed by atoms with Crippen LogP contribution in [0.4, 0.5) is 0 Å². The van der Waals surface area contributed by atoms with Crippen LogP contribution in [0.1, 0.15) is 35.8 Å². The fourth-order valence-electron chi connectivity index (χ4n) is 1.95. The van der Waals surface area contributed by atoms with Gasteiger partial charge >= 0.3 is 0 Å². The van der Waals surface area contributed by atoms with E-state index in [4.69, 9.17) is 9.84 Å². The van der Waals surface area contributed by atoms with Gasteiger partial charge in [0, 0.05) is 15.8 Å². The molecule has 3 heteroatoms. The summed E-state index contributed by atoms with van der Waals surface area (Å²) in [5, 5.41) is 10.6. The van der Waals surface area contributed by atoms with Crippen LogP contribution in [-0.4, -0.2) is 11.7 Å². The van der Waals surface area contributed by atoms with Crippen LogP contribution in [-0.2, 0) is 13.0 Å². The van der Waals surface area contributed by atoms with Gasteiger partial charge < -0.3 is 9.84 Å². The second-order valence-electron chi connectivity index (χ2n) is 4.80. The number of aliphatic hydroxyl groups excluding tert-OH is 1. The zero-order chi connectivity index (χ0) is 14.9. The molecule has 110 valence electrons. The molecule has 0 aliphatic heterocycles. The summed E-state index contributed by atoms with van der Waals surface area (Å²) in [5.41, 5.74) is 2.30. The van der Waals surface area contributed by atoms with E-state index in [9.17, 15) is 0 Å². The molecule has 2 aromatic rings. The van der Waals surface area contributed by atoms with Crippen LogP contribution in [0.3, 0.4) is 0 Å². The zero-order valence-corrected chi connectivity index (χ0v) is 13.1. The van der Waals surface area contributed by atoms with Crippen molar-refractivity contribution in [2.75, 3.05) is 6.61 Å². The number of unbranched alkanes of at least 4 members (excludes halogenated alkanes) is 1. The largest absolute Gasteiger partial charge is 0.488 e. The van der Waals surface area contributed by atoms with Crippen LogP contribution in [0, 0.1) is 11.8 Å². The number of aryl methyl sites for hydroxylation is 1. The highest BCUT2D eigenvalue weighted by Crippen LogP contribution is 2.19. The molecular formula is C18H20O2S. The molecule has 0 unspecified atom stereocenters. The summed E-state index contributed by atoms with van der Waals surface area (Å²) >= 11 is 1.62. The Morgan fingerprint density at radius 3 is 2.76 bits per heavy atom. The topological polar surface area (TPSA) is 29.5 Å². The molecule has 0 spiro atoms. The Balaban J connectivity index is 1.86. The summed E-state index contributed by atoms with van der Waals surface area (Å²) in [7, 11) is 0. The minimum atomic E-state index is -0.105. The van der Waals surface area contributed by atoms with Crippen LogP contribution in [0.15, 0.2) is 35.7 Å². The number of hydrogen-bond acceptors (Lipinski definition) is 3. The number of aliphatic hydroxyl groups is 1. The highest BCUT2D eigenvalue weighted by atomic mass is 32.1. The molecule has 0 fully saturated rings. The third-order valence-corrected chi connectivity index (χ3v) is 4.00. The van der Waals surface area contributed by atoms with Gasteiger partial charge in [-0.05, 0) is 36.6 Å². The first-order chi connectivity index (χ1) is 10.3. The minimum Gasteiger partial charge on any atom is -0.488 e. The molecule has 0 atom stereocenters. The molecule has 0 saturated heterocycles. The van der Waals surface area contributed by atoms with Gasteiger partial charge in [0.25, 0.3) is 0 Å². The van der Waals surface area contributed by atoms with Crippen molar-refractivity contribution >= 4 is 11.3 Å². The minimum absolute atomic E-state index is 0.105. The van der Waals surface area contributed by atoms with Gasteiger partial charge in [-0.1, -0.05) is 37.3 Å². The van der Waals surface area contributed by atoms with E-state index in [1.54, 1.807) is 11.3 Å². The first kappa shape index (κ1) is 15.6. The first-order valence-electron chi connectivity index (χ1n) is 7.20. The molecule has 1 aromatic carbocycles. The van der Waals surface area contributed by atoms with Crippen LogP contribution < -0.4 is 4.74 Å². The molecule has 2 nitrogen and oxygen atoms in total. The SMILES string of the molecule is CCCCc1ccc(OCc2cc(C#CCO)cs2)cc1. The van der Waals surface area contributed by atoms with Gasteiger partial charge in [-0.25, -0.2) is 0 Å². The van der Waals surface area contributed by atoms with Gasteiger partial charge in [0.2, 0.25) is 0 Å². The molecule has 0 saturated carbocycles. The van der Waals surface area contributed by atoms with E-state index in [0.29, 0.717) is 6.61 Å². The summed E-state index contributed by atoms with van der Waals surface area (Å²) in [5.74, 6) is 6.44. The highest BCUT2D eigenvalue weighted by Gasteiger charge is 2.00. The summed E-state index contributed by atoms with van der Waals surface area (Å²) in [6.07, 6.45) is 3.58. The normalized spacial score (nSPS) is 10.0. The lowest BCUT2D eigenvalue weighted by molar-refractivity contribution is 0.309. The molecular weight excluding hydrogens is 280 g/mol. The molecule has 0 aliphatic rings. The standard InChI is InChI=1S/C18H20O2S/c1-2-3-5-15-7-9-17(10-8-15)20-13-18-12-16(14-21-18)6-4-11-19/h7-10,12,14,19H,2-3,5,11,13H2,1H3. The smallest absolute Gasteiger partial charge is 0.122 e. The summed E-state index contributed by atoms with van der Waals surface area (Å²) in [6.45, 7) is 2.66. The van der Waals surface area contributed by atoms with E-state index in [-0.39, 0.29) is 6.61 Å². The lowest BCUT2D eigenvalue weighted by atomic mass is 10.1. The number of benzene rings is 1. The Morgan fingerprint density at radius 2 is 2.05 bits per heavy atom. The van der Waals surface area contributed by atoms with Gasteiger partial charge in [-0.2, -0.15) is 0 Å². The van der Waals surface area contributed by atoms with E-state index < -0.39 is 0 Å². The Labute approximate surface area is 130 Å². The number of ether oxygens (including phenoxy) is 1. The van der Waals surface area contributed by atoms with E-state index >= 15 is 0 Å². The third-order valence-electron chi connectivity index (χ3n) is 3.09. The predicted molar refractivity (Wildman–Crippen MR) is 87.7 cm³/mol. The molecule has 1 aromatic heterocycles. The van der Waals surface area contributed by atoms with Crippen LogP contribution in [0.25, 0.3) is 0 Å². The second kappa shape index (κ2) is 8.51. The fraction of sp³-hybridized carbons (Fsp3) is 0.333. The molecule has 1 heterocycles. The van der Waals surface area contributed by atoms with Crippen molar-refractivity contribution in [1.82, 2.24) is 0 Å². The van der Waals surface area contributed by atoms with Crippen molar-refractivity contribution in [2.45, 2.75) is 32.8 Å². The Bertz CT molecular complexity index is 602. The van der Waals surface area contributed by atoms with Crippen LogP contribution in [0.5, 0.6) is 5.75 Å². The lowest BCUT2D eigenvalue weighted by Crippen LogP contribution is -1.93. The second-order valence-corrected chi connectivity index (χ2v) is 5.79. The quantitative estimate of drug-likeness (QED) is 0.817. The molecule has 0 radical (unpaired) electrons. The summed E-state index contributed by atoms with van der Waals surface area (Å²) < 4.78 is 5.78. The highest BCUT2D eigenvalue weighted by molar-refractivity contribution is 7.10. The zero-order valence-electron chi connectivity index (χ0n) is 12.3. The first-order valence-corrected chi connectivity index (χ1v) is 8.08. The lowest BCUT2D eigenvalue weighted by Gasteiger charge is -2.06. The maximum absolute atomic E-state index is 8.67. The summed E-state index contributed by atoms with van der Waals surface area (Å²) in [6, 6.07) is 10.3. The van der Waals surface area contributed by atoms with Crippen LogP contribution >= 0.6 is 11.3 Å². The maximum atomic E-state index is 8.67. The van der Waals surface area contributed by atoms with Crippen molar-refractivity contribution in [3.8, 4) is 17.6 Å². The van der Waals surface area contributed by atoms with Crippen molar-refractivity contribution < 1.29 is 9.84 Å². The number of hydrogen-bond donors (Lipinski definition) is 1. The molecule has 0 amide bonds. The van der Waals surface area contributed by atoms with E-state index in [2.05, 4.69) is 30.9 Å². The van der Waals surface area contributed by atoms with Crippen LogP contribution in [0.2, 0.25) is 0 Å². The Morgan fingerprint density at radius 1 is 1.24 bits per heavy atom. The Hall–Kier alpha value is -1.76. The van der Waals surface area contributed by atoms with Gasteiger partial charge in [-0.15, -0.1) is 11.3 Å². The van der Waals surface area contributed by atoms with E-state index in [0.717, 1.165) is 22.6 Å². The van der Waals surface area contributed by atoms with Crippen molar-refractivity contribution in [2.24, 2.45) is 0 Å². The third kappa shape index (κ3) is 5.26. The fourth-order valence-corrected chi connectivity index (χ4v) is 2.68. The molecule has 2 rings (SSSR count). The van der Waals surface area contributed by atoms with Crippen molar-refractivity contribution in [1.29, 1.82) is 0 Å². The van der Waals surface area contributed by atoms with Crippen molar-refractivity contribution in [3.63, 3.8) is 0 Å². The van der Waals surface area contributed by atoms with Gasteiger partial charge in [0.1, 0.15) is 19.0 Å².